The molecule has 0 bridgehead atoms. The number of nitrogens with zero attached hydrogens (tertiary/aromatic N) is 2. The standard InChI is InChI=1S/C20H33N5O2/c1-5-21-19(27)17-11-9-10-16(14-17)15-24-20(22-6-2)23-13-12-18(26)25(7-3)8-4/h9-11,14H,5-8,12-13,15H2,1-4H3,(H,21,27)(H2,22,23,24). The van der Waals surface area contributed by atoms with Crippen molar-refractivity contribution in [1.82, 2.24) is 20.9 Å². The maximum absolute atomic E-state index is 12.1. The van der Waals surface area contributed by atoms with Crippen LogP contribution in [0.4, 0.5) is 0 Å². The molecule has 0 heterocycles. The topological polar surface area (TPSA) is 85.8 Å². The minimum Gasteiger partial charge on any atom is -0.357 e. The largest absolute Gasteiger partial charge is 0.357 e. The van der Waals surface area contributed by atoms with Crippen LogP contribution < -0.4 is 16.0 Å². The molecule has 0 fully saturated rings. The van der Waals surface area contributed by atoms with Crippen LogP contribution in [0.1, 0.15) is 50.0 Å². The van der Waals surface area contributed by atoms with Crippen LogP contribution in [0, 0.1) is 0 Å². The summed E-state index contributed by atoms with van der Waals surface area (Å²) in [7, 11) is 0. The van der Waals surface area contributed by atoms with E-state index in [1.165, 1.54) is 0 Å². The van der Waals surface area contributed by atoms with Gasteiger partial charge in [-0.05, 0) is 45.4 Å². The van der Waals surface area contributed by atoms with Crippen LogP contribution in [-0.4, -0.2) is 55.4 Å². The Hall–Kier alpha value is -2.57. The van der Waals surface area contributed by atoms with Gasteiger partial charge in [0.05, 0.1) is 6.54 Å². The molecule has 0 saturated heterocycles. The fourth-order valence-electron chi connectivity index (χ4n) is 2.61. The number of nitrogens with one attached hydrogen (secondary N) is 3. The second-order valence-corrected chi connectivity index (χ2v) is 6.00. The van der Waals surface area contributed by atoms with Crippen LogP contribution in [0.2, 0.25) is 0 Å². The normalized spacial score (nSPS) is 11.0. The average Bonchev–Trinajstić information content (AvgIpc) is 2.67. The molecule has 27 heavy (non-hydrogen) atoms. The first-order valence-electron chi connectivity index (χ1n) is 9.72. The third kappa shape index (κ3) is 8.11. The molecule has 7 nitrogen and oxygen atoms in total. The van der Waals surface area contributed by atoms with E-state index >= 15 is 0 Å². The second-order valence-electron chi connectivity index (χ2n) is 6.00. The average molecular weight is 376 g/mol. The number of aliphatic imine (C=N–C) groups is 1. The summed E-state index contributed by atoms with van der Waals surface area (Å²) in [5.74, 6) is 0.717. The van der Waals surface area contributed by atoms with Gasteiger partial charge in [-0.1, -0.05) is 12.1 Å². The predicted octanol–water partition coefficient (Wildman–Crippen LogP) is 1.75. The van der Waals surface area contributed by atoms with Gasteiger partial charge >= 0.3 is 0 Å². The molecule has 0 spiro atoms. The highest BCUT2D eigenvalue weighted by Gasteiger charge is 2.09. The van der Waals surface area contributed by atoms with Crippen molar-refractivity contribution in [2.75, 3.05) is 32.7 Å². The van der Waals surface area contributed by atoms with Gasteiger partial charge in [0.2, 0.25) is 5.91 Å². The van der Waals surface area contributed by atoms with Gasteiger partial charge in [0.15, 0.2) is 5.96 Å². The molecule has 0 radical (unpaired) electrons. The molecule has 0 aliphatic carbocycles. The van der Waals surface area contributed by atoms with E-state index in [2.05, 4.69) is 20.9 Å². The minimum atomic E-state index is -0.0803. The number of hydrogen-bond acceptors (Lipinski definition) is 3. The van der Waals surface area contributed by atoms with Crippen LogP contribution >= 0.6 is 0 Å². The first-order chi connectivity index (χ1) is 13.0. The van der Waals surface area contributed by atoms with Crippen molar-refractivity contribution in [3.8, 4) is 0 Å². The summed E-state index contributed by atoms with van der Waals surface area (Å²) in [6.07, 6.45) is 0.429. The van der Waals surface area contributed by atoms with Crippen molar-refractivity contribution in [3.63, 3.8) is 0 Å². The number of carbonyl (C=O) groups is 2. The van der Waals surface area contributed by atoms with Crippen molar-refractivity contribution in [2.24, 2.45) is 4.99 Å². The Kier molecular flexibility index (Phi) is 10.6. The molecule has 0 aromatic heterocycles. The third-order valence-corrected chi connectivity index (χ3v) is 4.04. The van der Waals surface area contributed by atoms with Gasteiger partial charge in [-0.2, -0.15) is 0 Å². The Balaban J connectivity index is 2.64. The fraction of sp³-hybridized carbons (Fsp3) is 0.550. The van der Waals surface area contributed by atoms with Crippen molar-refractivity contribution in [1.29, 1.82) is 0 Å². The molecule has 150 valence electrons. The van der Waals surface area contributed by atoms with Gasteiger partial charge in [0.25, 0.3) is 5.91 Å². The van der Waals surface area contributed by atoms with Crippen molar-refractivity contribution in [3.05, 3.63) is 35.4 Å². The van der Waals surface area contributed by atoms with E-state index in [-0.39, 0.29) is 11.8 Å². The van der Waals surface area contributed by atoms with E-state index < -0.39 is 0 Å². The fourth-order valence-corrected chi connectivity index (χ4v) is 2.61. The first-order valence-corrected chi connectivity index (χ1v) is 9.72. The lowest BCUT2D eigenvalue weighted by Gasteiger charge is -2.19. The van der Waals surface area contributed by atoms with E-state index in [1.807, 2.05) is 50.8 Å². The summed E-state index contributed by atoms with van der Waals surface area (Å²) in [5, 5.41) is 9.17. The molecule has 7 heteroatoms. The van der Waals surface area contributed by atoms with Crippen LogP contribution in [0.25, 0.3) is 0 Å². The highest BCUT2D eigenvalue weighted by Crippen LogP contribution is 2.06. The van der Waals surface area contributed by atoms with Crippen molar-refractivity contribution in [2.45, 2.75) is 40.7 Å². The lowest BCUT2D eigenvalue weighted by molar-refractivity contribution is -0.130. The quantitative estimate of drug-likeness (QED) is 0.430. The van der Waals surface area contributed by atoms with Gasteiger partial charge in [-0.3, -0.25) is 9.59 Å². The van der Waals surface area contributed by atoms with E-state index in [9.17, 15) is 9.59 Å². The number of benzene rings is 1. The molecule has 3 N–H and O–H groups in total. The smallest absolute Gasteiger partial charge is 0.251 e. The zero-order valence-electron chi connectivity index (χ0n) is 17.0. The number of rotatable bonds is 10. The Bertz CT molecular complexity index is 627. The Morgan fingerprint density at radius 3 is 2.33 bits per heavy atom. The van der Waals surface area contributed by atoms with Crippen LogP contribution in [0.15, 0.2) is 29.3 Å². The van der Waals surface area contributed by atoms with Gasteiger partial charge in [0, 0.05) is 44.7 Å². The summed E-state index contributed by atoms with van der Waals surface area (Å²) < 4.78 is 0. The van der Waals surface area contributed by atoms with Crippen LogP contribution in [0.5, 0.6) is 0 Å². The maximum Gasteiger partial charge on any atom is 0.251 e. The molecule has 1 aromatic rings. The Morgan fingerprint density at radius 2 is 1.70 bits per heavy atom. The lowest BCUT2D eigenvalue weighted by atomic mass is 10.1. The van der Waals surface area contributed by atoms with Gasteiger partial charge in [0.1, 0.15) is 0 Å². The summed E-state index contributed by atoms with van der Waals surface area (Å²) in [4.78, 5) is 30.4. The SMILES string of the molecule is CCNC(=O)c1cccc(CN=C(NCC)NCCC(=O)N(CC)CC)c1. The zero-order valence-corrected chi connectivity index (χ0v) is 17.0. The minimum absolute atomic E-state index is 0.0803. The number of carbonyl (C=O) groups excluding carboxylic acids is 2. The first kappa shape index (κ1) is 22.5. The summed E-state index contributed by atoms with van der Waals surface area (Å²) in [5.41, 5.74) is 1.59. The molecule has 1 rings (SSSR count). The van der Waals surface area contributed by atoms with Crippen molar-refractivity contribution >= 4 is 17.8 Å². The van der Waals surface area contributed by atoms with Gasteiger partial charge in [-0.25, -0.2) is 4.99 Å². The molecular weight excluding hydrogens is 342 g/mol. The Labute approximate surface area is 162 Å². The number of hydrogen-bond donors (Lipinski definition) is 3. The summed E-state index contributed by atoms with van der Waals surface area (Å²) >= 11 is 0. The summed E-state index contributed by atoms with van der Waals surface area (Å²) in [6, 6.07) is 7.45. The zero-order chi connectivity index (χ0) is 20.1. The van der Waals surface area contributed by atoms with Crippen molar-refractivity contribution < 1.29 is 9.59 Å². The van der Waals surface area contributed by atoms with E-state index in [0.717, 1.165) is 25.2 Å². The molecule has 0 aliphatic heterocycles. The van der Waals surface area contributed by atoms with Crippen LogP contribution in [-0.2, 0) is 11.3 Å². The van der Waals surface area contributed by atoms with E-state index in [1.54, 1.807) is 6.07 Å². The van der Waals surface area contributed by atoms with E-state index in [4.69, 9.17) is 0 Å². The molecule has 0 saturated carbocycles. The predicted molar refractivity (Wildman–Crippen MR) is 110 cm³/mol. The highest BCUT2D eigenvalue weighted by atomic mass is 16.2. The third-order valence-electron chi connectivity index (χ3n) is 4.04. The lowest BCUT2D eigenvalue weighted by Crippen LogP contribution is -2.40. The summed E-state index contributed by atoms with van der Waals surface area (Å²) in [6.45, 7) is 11.6. The second kappa shape index (κ2) is 12.7. The van der Waals surface area contributed by atoms with Gasteiger partial charge in [-0.15, -0.1) is 0 Å². The molecule has 2 amide bonds. The van der Waals surface area contributed by atoms with Gasteiger partial charge < -0.3 is 20.9 Å². The maximum atomic E-state index is 12.1. The highest BCUT2D eigenvalue weighted by molar-refractivity contribution is 5.94. The molecule has 0 atom stereocenters. The number of guanidine groups is 1. The van der Waals surface area contributed by atoms with Crippen LogP contribution in [0.3, 0.4) is 0 Å². The molecule has 0 unspecified atom stereocenters. The molecule has 1 aromatic carbocycles. The molecule has 0 aliphatic rings. The molecular formula is C20H33N5O2. The number of amides is 2. The monoisotopic (exact) mass is 375 g/mol. The van der Waals surface area contributed by atoms with E-state index in [0.29, 0.717) is 37.6 Å². The Morgan fingerprint density at radius 1 is 1.00 bits per heavy atom.